The van der Waals surface area contributed by atoms with Crippen LogP contribution < -0.4 is 5.32 Å². The number of carbonyl (C=O) groups excluding carboxylic acids is 1. The lowest BCUT2D eigenvalue weighted by atomic mass is 10.2. The summed E-state index contributed by atoms with van der Waals surface area (Å²) in [7, 11) is 1.36. The maximum atomic E-state index is 11.4. The van der Waals surface area contributed by atoms with E-state index in [2.05, 4.69) is 21.0 Å². The van der Waals surface area contributed by atoms with E-state index in [-0.39, 0.29) is 5.97 Å². The summed E-state index contributed by atoms with van der Waals surface area (Å²) in [5.74, 6) is 3.01. The van der Waals surface area contributed by atoms with Crippen LogP contribution in [0.2, 0.25) is 0 Å². The minimum Gasteiger partial charge on any atom is -0.465 e. The smallest absolute Gasteiger partial charge is 0.339 e. The molecule has 1 aromatic heterocycles. The molecule has 0 radical (unpaired) electrons. The van der Waals surface area contributed by atoms with Crippen LogP contribution in [0.1, 0.15) is 35.3 Å². The zero-order valence-electron chi connectivity index (χ0n) is 10.8. The number of carbonyl (C=O) groups is 1. The highest BCUT2D eigenvalue weighted by Gasteiger charge is 2.10. The number of terminal acetylenes is 1. The summed E-state index contributed by atoms with van der Waals surface area (Å²) < 4.78 is 4.66. The Labute approximate surface area is 108 Å². The number of nitrogens with one attached hydrogen (secondary N) is 1. The highest BCUT2D eigenvalue weighted by Crippen LogP contribution is 2.11. The molecule has 0 unspecified atom stereocenters. The van der Waals surface area contributed by atoms with Crippen molar-refractivity contribution in [2.45, 2.75) is 26.2 Å². The number of anilines is 1. The fourth-order valence-electron chi connectivity index (χ4n) is 1.55. The number of pyridine rings is 1. The van der Waals surface area contributed by atoms with Crippen LogP contribution in [-0.2, 0) is 4.74 Å². The van der Waals surface area contributed by atoms with Gasteiger partial charge < -0.3 is 10.1 Å². The molecule has 0 aliphatic heterocycles. The molecule has 4 nitrogen and oxygen atoms in total. The van der Waals surface area contributed by atoms with Gasteiger partial charge >= 0.3 is 5.97 Å². The minimum absolute atomic E-state index is 0.361. The number of aromatic nitrogens is 1. The molecule has 1 rings (SSSR count). The van der Waals surface area contributed by atoms with Crippen molar-refractivity contribution in [1.82, 2.24) is 4.98 Å². The summed E-state index contributed by atoms with van der Waals surface area (Å²) in [6.07, 6.45) is 7.98. The Balaban J connectivity index is 2.52. The minimum atomic E-state index is -0.361. The number of aryl methyl sites for hydroxylation is 1. The van der Waals surface area contributed by atoms with Gasteiger partial charge in [0.25, 0.3) is 0 Å². The predicted molar refractivity (Wildman–Crippen MR) is 71.5 cm³/mol. The lowest BCUT2D eigenvalue weighted by Crippen LogP contribution is -2.08. The lowest BCUT2D eigenvalue weighted by Gasteiger charge is -2.08. The highest BCUT2D eigenvalue weighted by atomic mass is 16.5. The third kappa shape index (κ3) is 4.10. The number of hydrogen-bond donors (Lipinski definition) is 1. The standard InChI is InChI=1S/C14H18N2O2/c1-4-5-6-7-10-15-13-9-8-12(11(2)16-13)14(17)18-3/h1,8-9H,5-7,10H2,2-3H3,(H,15,16). The van der Waals surface area contributed by atoms with Crippen LogP contribution in [0.3, 0.4) is 0 Å². The topological polar surface area (TPSA) is 51.2 Å². The largest absolute Gasteiger partial charge is 0.465 e. The lowest BCUT2D eigenvalue weighted by molar-refractivity contribution is 0.0599. The van der Waals surface area contributed by atoms with Crippen molar-refractivity contribution in [3.63, 3.8) is 0 Å². The molecule has 0 bridgehead atoms. The molecule has 0 amide bonds. The van der Waals surface area contributed by atoms with Crippen molar-refractivity contribution in [3.05, 3.63) is 23.4 Å². The van der Waals surface area contributed by atoms with Gasteiger partial charge in [0.1, 0.15) is 5.82 Å². The van der Waals surface area contributed by atoms with Crippen molar-refractivity contribution in [1.29, 1.82) is 0 Å². The van der Waals surface area contributed by atoms with E-state index in [0.29, 0.717) is 11.3 Å². The third-order valence-electron chi connectivity index (χ3n) is 2.55. The first-order valence-electron chi connectivity index (χ1n) is 5.92. The van der Waals surface area contributed by atoms with Gasteiger partial charge in [-0.25, -0.2) is 9.78 Å². The summed E-state index contributed by atoms with van der Waals surface area (Å²) in [5.41, 5.74) is 1.16. The van der Waals surface area contributed by atoms with Gasteiger partial charge in [0.05, 0.1) is 18.4 Å². The summed E-state index contributed by atoms with van der Waals surface area (Å²) in [6, 6.07) is 3.50. The Morgan fingerprint density at radius 3 is 2.89 bits per heavy atom. The molecular formula is C14H18N2O2. The molecular weight excluding hydrogens is 228 g/mol. The van der Waals surface area contributed by atoms with Crippen molar-refractivity contribution < 1.29 is 9.53 Å². The SMILES string of the molecule is C#CCCCCNc1ccc(C(=O)OC)c(C)n1. The van der Waals surface area contributed by atoms with Crippen LogP contribution >= 0.6 is 0 Å². The summed E-state index contributed by atoms with van der Waals surface area (Å²) in [5, 5.41) is 3.20. The van der Waals surface area contributed by atoms with Crippen LogP contribution in [0, 0.1) is 19.3 Å². The second-order valence-corrected chi connectivity index (χ2v) is 3.91. The fraction of sp³-hybridized carbons (Fsp3) is 0.429. The van der Waals surface area contributed by atoms with E-state index in [4.69, 9.17) is 6.42 Å². The summed E-state index contributed by atoms with van der Waals surface area (Å²) >= 11 is 0. The molecule has 0 aliphatic carbocycles. The summed E-state index contributed by atoms with van der Waals surface area (Å²) in [4.78, 5) is 15.7. The Bertz CT molecular complexity index is 450. The second kappa shape index (κ2) is 7.33. The second-order valence-electron chi connectivity index (χ2n) is 3.91. The number of rotatable bonds is 6. The molecule has 0 fully saturated rings. The van der Waals surface area contributed by atoms with Crippen LogP contribution in [0.4, 0.5) is 5.82 Å². The molecule has 0 spiro atoms. The number of esters is 1. The Morgan fingerprint density at radius 1 is 1.50 bits per heavy atom. The van der Waals surface area contributed by atoms with Crippen molar-refractivity contribution >= 4 is 11.8 Å². The number of unbranched alkanes of at least 4 members (excludes halogenated alkanes) is 2. The zero-order chi connectivity index (χ0) is 13.4. The average Bonchev–Trinajstić information content (AvgIpc) is 2.38. The molecule has 0 aliphatic rings. The number of nitrogens with zero attached hydrogens (tertiary/aromatic N) is 1. The molecule has 0 saturated carbocycles. The van der Waals surface area contributed by atoms with Gasteiger partial charge in [-0.1, -0.05) is 0 Å². The van der Waals surface area contributed by atoms with E-state index >= 15 is 0 Å². The molecule has 18 heavy (non-hydrogen) atoms. The maximum Gasteiger partial charge on any atom is 0.339 e. The monoisotopic (exact) mass is 246 g/mol. The first-order valence-corrected chi connectivity index (χ1v) is 5.92. The number of ether oxygens (including phenoxy) is 1. The molecule has 4 heteroatoms. The van der Waals surface area contributed by atoms with Crippen LogP contribution in [0.5, 0.6) is 0 Å². The predicted octanol–water partition coefficient (Wildman–Crippen LogP) is 2.39. The van der Waals surface area contributed by atoms with E-state index in [1.165, 1.54) is 7.11 Å². The maximum absolute atomic E-state index is 11.4. The van der Waals surface area contributed by atoms with Crippen molar-refractivity contribution in [3.8, 4) is 12.3 Å². The molecule has 1 aromatic rings. The third-order valence-corrected chi connectivity index (χ3v) is 2.55. The van der Waals surface area contributed by atoms with Gasteiger partial charge in [-0.3, -0.25) is 0 Å². The van der Waals surface area contributed by atoms with Crippen LogP contribution in [-0.4, -0.2) is 24.6 Å². The van der Waals surface area contributed by atoms with Gasteiger partial charge in [-0.05, 0) is 31.9 Å². The molecule has 1 N–H and O–H groups in total. The summed E-state index contributed by atoms with van der Waals surface area (Å²) in [6.45, 7) is 2.61. The Kier molecular flexibility index (Phi) is 5.72. The Hall–Kier alpha value is -2.02. The first-order chi connectivity index (χ1) is 8.69. The normalized spacial score (nSPS) is 9.61. The van der Waals surface area contributed by atoms with E-state index in [9.17, 15) is 4.79 Å². The van der Waals surface area contributed by atoms with Gasteiger partial charge in [0, 0.05) is 13.0 Å². The number of methoxy groups -OCH3 is 1. The van der Waals surface area contributed by atoms with Crippen LogP contribution in [0.15, 0.2) is 12.1 Å². The zero-order valence-corrected chi connectivity index (χ0v) is 10.8. The molecule has 96 valence electrons. The highest BCUT2D eigenvalue weighted by molar-refractivity contribution is 5.90. The first kappa shape index (κ1) is 14.0. The number of hydrogen-bond acceptors (Lipinski definition) is 4. The van der Waals surface area contributed by atoms with Gasteiger partial charge in [-0.2, -0.15) is 0 Å². The quantitative estimate of drug-likeness (QED) is 0.475. The molecule has 1 heterocycles. The molecule has 0 saturated heterocycles. The fourth-order valence-corrected chi connectivity index (χ4v) is 1.55. The molecule has 0 atom stereocenters. The van der Waals surface area contributed by atoms with Crippen LogP contribution in [0.25, 0.3) is 0 Å². The van der Waals surface area contributed by atoms with E-state index in [0.717, 1.165) is 31.6 Å². The Morgan fingerprint density at radius 2 is 2.28 bits per heavy atom. The van der Waals surface area contributed by atoms with Crippen molar-refractivity contribution in [2.75, 3.05) is 19.0 Å². The van der Waals surface area contributed by atoms with Gasteiger partial charge in [0.15, 0.2) is 0 Å². The average molecular weight is 246 g/mol. The van der Waals surface area contributed by atoms with Crippen molar-refractivity contribution in [2.24, 2.45) is 0 Å². The van der Waals surface area contributed by atoms with E-state index in [1.54, 1.807) is 19.1 Å². The van der Waals surface area contributed by atoms with Gasteiger partial charge in [-0.15, -0.1) is 12.3 Å². The van der Waals surface area contributed by atoms with E-state index < -0.39 is 0 Å². The van der Waals surface area contributed by atoms with Gasteiger partial charge in [0.2, 0.25) is 0 Å². The molecule has 0 aromatic carbocycles. The van der Waals surface area contributed by atoms with E-state index in [1.807, 2.05) is 0 Å².